The van der Waals surface area contributed by atoms with E-state index in [1.165, 1.54) is 76.0 Å². The Balaban J connectivity index is 2.22. The molecular formula is C26H44O3S. The quantitative estimate of drug-likeness (QED) is 0.234. The van der Waals surface area contributed by atoms with E-state index >= 15 is 0 Å². The van der Waals surface area contributed by atoms with Crippen molar-refractivity contribution in [3.8, 4) is 5.75 Å². The molecule has 0 saturated heterocycles. The van der Waals surface area contributed by atoms with Crippen LogP contribution in [0.5, 0.6) is 5.75 Å². The molecule has 30 heavy (non-hydrogen) atoms. The van der Waals surface area contributed by atoms with Gasteiger partial charge in [0, 0.05) is 17.9 Å². The molecule has 0 saturated carbocycles. The SMILES string of the molecule is CCCCCCCCCCCCCO[C@@H](C)c1cccc(C(=O)SCCCC)c1O. The van der Waals surface area contributed by atoms with Gasteiger partial charge in [-0.15, -0.1) is 0 Å². The van der Waals surface area contributed by atoms with Crippen LogP contribution in [0.4, 0.5) is 0 Å². The molecule has 4 heteroatoms. The van der Waals surface area contributed by atoms with E-state index in [2.05, 4.69) is 13.8 Å². The van der Waals surface area contributed by atoms with Crippen molar-refractivity contribution in [2.24, 2.45) is 0 Å². The van der Waals surface area contributed by atoms with Gasteiger partial charge < -0.3 is 9.84 Å². The molecule has 1 aromatic carbocycles. The largest absolute Gasteiger partial charge is 0.507 e. The molecule has 0 unspecified atom stereocenters. The monoisotopic (exact) mass is 436 g/mol. The predicted octanol–water partition coefficient (Wildman–Crippen LogP) is 8.45. The molecule has 1 aromatic rings. The van der Waals surface area contributed by atoms with Crippen molar-refractivity contribution in [3.05, 3.63) is 29.3 Å². The number of carbonyl (C=O) groups excluding carboxylic acids is 1. The van der Waals surface area contributed by atoms with E-state index in [4.69, 9.17) is 4.74 Å². The zero-order valence-electron chi connectivity index (χ0n) is 19.6. The molecule has 0 fully saturated rings. The summed E-state index contributed by atoms with van der Waals surface area (Å²) in [6, 6.07) is 5.40. The van der Waals surface area contributed by atoms with Crippen LogP contribution in [0.25, 0.3) is 0 Å². The molecule has 0 radical (unpaired) electrons. The number of benzene rings is 1. The summed E-state index contributed by atoms with van der Waals surface area (Å²) in [4.78, 5) is 12.4. The lowest BCUT2D eigenvalue weighted by Gasteiger charge is -2.16. The maximum atomic E-state index is 12.4. The topological polar surface area (TPSA) is 46.5 Å². The highest BCUT2D eigenvalue weighted by molar-refractivity contribution is 8.14. The lowest BCUT2D eigenvalue weighted by Crippen LogP contribution is -2.05. The van der Waals surface area contributed by atoms with Crippen molar-refractivity contribution in [2.45, 2.75) is 110 Å². The lowest BCUT2D eigenvalue weighted by molar-refractivity contribution is 0.0610. The number of thioether (sulfide) groups is 1. The summed E-state index contributed by atoms with van der Waals surface area (Å²) in [5.74, 6) is 0.877. The molecule has 1 atom stereocenters. The maximum Gasteiger partial charge on any atom is 0.223 e. The number of rotatable bonds is 18. The molecule has 0 heterocycles. The number of aromatic hydroxyl groups is 1. The van der Waals surface area contributed by atoms with Gasteiger partial charge in [-0.25, -0.2) is 0 Å². The van der Waals surface area contributed by atoms with Crippen LogP contribution in [0.15, 0.2) is 18.2 Å². The van der Waals surface area contributed by atoms with Gasteiger partial charge in [-0.2, -0.15) is 0 Å². The van der Waals surface area contributed by atoms with Crippen molar-refractivity contribution in [3.63, 3.8) is 0 Å². The fourth-order valence-electron chi connectivity index (χ4n) is 3.56. The van der Waals surface area contributed by atoms with Crippen LogP contribution in [0.2, 0.25) is 0 Å². The number of hydrogen-bond donors (Lipinski definition) is 1. The van der Waals surface area contributed by atoms with Gasteiger partial charge in [0.15, 0.2) is 0 Å². The minimum absolute atomic E-state index is 0.0552. The Morgan fingerprint density at radius 2 is 1.47 bits per heavy atom. The predicted molar refractivity (Wildman–Crippen MR) is 131 cm³/mol. The molecular weight excluding hydrogens is 392 g/mol. The van der Waals surface area contributed by atoms with Gasteiger partial charge in [0.05, 0.1) is 11.7 Å². The fourth-order valence-corrected chi connectivity index (χ4v) is 4.50. The van der Waals surface area contributed by atoms with Gasteiger partial charge in [-0.3, -0.25) is 4.79 Å². The second kappa shape index (κ2) is 17.7. The maximum absolute atomic E-state index is 12.4. The van der Waals surface area contributed by atoms with E-state index < -0.39 is 0 Å². The smallest absolute Gasteiger partial charge is 0.223 e. The van der Waals surface area contributed by atoms with Crippen molar-refractivity contribution < 1.29 is 14.6 Å². The van der Waals surface area contributed by atoms with E-state index in [-0.39, 0.29) is 17.0 Å². The van der Waals surface area contributed by atoms with Crippen LogP contribution in [0.1, 0.15) is 126 Å². The Bertz CT molecular complexity index is 573. The Labute approximate surface area is 189 Å². The Kier molecular flexibility index (Phi) is 15.9. The number of hydrogen-bond acceptors (Lipinski definition) is 4. The van der Waals surface area contributed by atoms with E-state index in [0.717, 1.165) is 25.0 Å². The number of phenols is 1. The van der Waals surface area contributed by atoms with Crippen LogP contribution >= 0.6 is 11.8 Å². The molecule has 3 nitrogen and oxygen atoms in total. The summed E-state index contributed by atoms with van der Waals surface area (Å²) in [7, 11) is 0. The van der Waals surface area contributed by atoms with Crippen LogP contribution < -0.4 is 0 Å². The highest BCUT2D eigenvalue weighted by atomic mass is 32.2. The van der Waals surface area contributed by atoms with E-state index in [9.17, 15) is 9.90 Å². The van der Waals surface area contributed by atoms with Gasteiger partial charge in [0.25, 0.3) is 0 Å². The molecule has 1 rings (SSSR count). The zero-order valence-corrected chi connectivity index (χ0v) is 20.4. The van der Waals surface area contributed by atoms with Gasteiger partial charge in [-0.1, -0.05) is 108 Å². The number of para-hydroxylation sites is 1. The Morgan fingerprint density at radius 1 is 0.900 bits per heavy atom. The second-order valence-corrected chi connectivity index (χ2v) is 9.35. The molecule has 0 aliphatic carbocycles. The summed E-state index contributed by atoms with van der Waals surface area (Å²) in [6.45, 7) is 7.02. The lowest BCUT2D eigenvalue weighted by atomic mass is 10.1. The van der Waals surface area contributed by atoms with Gasteiger partial charge in [-0.05, 0) is 25.8 Å². The standard InChI is InChI=1S/C26H44O3S/c1-4-6-8-9-10-11-12-13-14-15-16-20-29-22(3)23-18-17-19-24(25(23)27)26(28)30-21-7-5-2/h17-19,22,27H,4-16,20-21H2,1-3H3/t22-/m0/s1. The van der Waals surface area contributed by atoms with Crippen molar-refractivity contribution in [1.29, 1.82) is 0 Å². The van der Waals surface area contributed by atoms with Crippen LogP contribution in [-0.2, 0) is 4.74 Å². The second-order valence-electron chi connectivity index (χ2n) is 8.28. The Hall–Kier alpha value is -1.00. The third kappa shape index (κ3) is 11.4. The summed E-state index contributed by atoms with van der Waals surface area (Å²) >= 11 is 1.29. The van der Waals surface area contributed by atoms with Gasteiger partial charge >= 0.3 is 0 Å². The average molecular weight is 437 g/mol. The summed E-state index contributed by atoms with van der Waals surface area (Å²) in [5.41, 5.74) is 1.11. The fraction of sp³-hybridized carbons (Fsp3) is 0.731. The third-order valence-electron chi connectivity index (χ3n) is 5.57. The molecule has 0 bridgehead atoms. The minimum Gasteiger partial charge on any atom is -0.507 e. The number of phenolic OH excluding ortho intramolecular Hbond substituents is 1. The van der Waals surface area contributed by atoms with E-state index in [1.807, 2.05) is 19.1 Å². The average Bonchev–Trinajstić information content (AvgIpc) is 2.74. The van der Waals surface area contributed by atoms with Crippen LogP contribution in [0, 0.1) is 0 Å². The number of carbonyl (C=O) groups is 1. The minimum atomic E-state index is -0.207. The summed E-state index contributed by atoms with van der Waals surface area (Å²) < 4.78 is 5.95. The Morgan fingerprint density at radius 3 is 2.07 bits per heavy atom. The zero-order chi connectivity index (χ0) is 22.0. The van der Waals surface area contributed by atoms with Crippen molar-refractivity contribution >= 4 is 16.9 Å². The highest BCUT2D eigenvalue weighted by Crippen LogP contribution is 2.32. The highest BCUT2D eigenvalue weighted by Gasteiger charge is 2.18. The van der Waals surface area contributed by atoms with E-state index in [1.54, 1.807) is 6.07 Å². The molecule has 0 aliphatic rings. The number of ether oxygens (including phenoxy) is 1. The number of unbranched alkanes of at least 4 members (excludes halogenated alkanes) is 11. The van der Waals surface area contributed by atoms with Gasteiger partial charge in [0.1, 0.15) is 5.75 Å². The first kappa shape index (κ1) is 27.0. The normalized spacial score (nSPS) is 12.2. The van der Waals surface area contributed by atoms with Crippen molar-refractivity contribution in [2.75, 3.05) is 12.4 Å². The molecule has 0 spiro atoms. The summed E-state index contributed by atoms with van der Waals surface area (Å²) in [6.07, 6.45) is 16.3. The van der Waals surface area contributed by atoms with E-state index in [0.29, 0.717) is 17.7 Å². The molecule has 1 N–H and O–H groups in total. The van der Waals surface area contributed by atoms with Crippen LogP contribution in [-0.4, -0.2) is 22.6 Å². The molecule has 0 aliphatic heterocycles. The molecule has 172 valence electrons. The van der Waals surface area contributed by atoms with Crippen LogP contribution in [0.3, 0.4) is 0 Å². The van der Waals surface area contributed by atoms with Crippen molar-refractivity contribution in [1.82, 2.24) is 0 Å². The summed E-state index contributed by atoms with van der Waals surface area (Å²) in [5, 5.41) is 10.5. The third-order valence-corrected chi connectivity index (χ3v) is 6.55. The molecule has 0 aromatic heterocycles. The first-order valence-corrected chi connectivity index (χ1v) is 13.2. The first-order chi connectivity index (χ1) is 14.6. The molecule has 0 amide bonds. The first-order valence-electron chi connectivity index (χ1n) is 12.2. The van der Waals surface area contributed by atoms with Gasteiger partial charge in [0.2, 0.25) is 5.12 Å².